The summed E-state index contributed by atoms with van der Waals surface area (Å²) >= 11 is 0. The molecule has 18 heteroatoms. The first kappa shape index (κ1) is 78.1. The molecule has 0 fully saturated rings. The van der Waals surface area contributed by atoms with Gasteiger partial charge in [0.25, 0.3) is 0 Å². The molecule has 0 atom stereocenters. The fourth-order valence-corrected chi connectivity index (χ4v) is 6.48. The van der Waals surface area contributed by atoms with E-state index in [0.717, 1.165) is 51.6 Å². The van der Waals surface area contributed by atoms with E-state index in [-0.39, 0.29) is 56.9 Å². The number of sulfonamides is 2. The van der Waals surface area contributed by atoms with Crippen LogP contribution in [0.5, 0.6) is 0 Å². The maximum absolute atomic E-state index is 11.8. The minimum absolute atomic E-state index is 0. The number of nitrogens with two attached hydrogens (primary N) is 3. The first-order chi connectivity index (χ1) is 26.9. The van der Waals surface area contributed by atoms with Crippen molar-refractivity contribution in [3.8, 4) is 0 Å². The number of hydrogen-bond acceptors (Lipinski definition) is 10. The van der Waals surface area contributed by atoms with Gasteiger partial charge in [-0.25, -0.2) is 25.3 Å². The Morgan fingerprint density at radius 3 is 1.03 bits per heavy atom. The maximum Gasteiger partial charge on any atom is 0.232 e. The molecule has 0 aromatic carbocycles. The van der Waals surface area contributed by atoms with E-state index in [1.165, 1.54) is 49.0 Å². The van der Waals surface area contributed by atoms with Gasteiger partial charge in [-0.3, -0.25) is 0 Å². The van der Waals surface area contributed by atoms with E-state index in [0.29, 0.717) is 45.8 Å². The molecular weight excluding hydrogens is 911 g/mol. The highest BCUT2D eigenvalue weighted by molar-refractivity contribution is 8.13. The molecule has 0 aromatic rings. The molecule has 0 aliphatic heterocycles. The Kier molecular flexibility index (Phi) is 60.3. The van der Waals surface area contributed by atoms with E-state index < -0.39 is 29.1 Å². The summed E-state index contributed by atoms with van der Waals surface area (Å²) in [6.07, 6.45) is 19.1. The van der Waals surface area contributed by atoms with Crippen LogP contribution in [0.1, 0.15) is 136 Å². The van der Waals surface area contributed by atoms with E-state index in [9.17, 15) is 25.3 Å². The largest absolute Gasteiger partial charge is 0.329 e. The number of halogens is 3. The smallest absolute Gasteiger partial charge is 0.232 e. The summed E-state index contributed by atoms with van der Waals surface area (Å²) in [6, 6.07) is 0. The number of nitrogens with one attached hydrogen (secondary N) is 1. The number of rotatable bonds is 26. The van der Waals surface area contributed by atoms with Gasteiger partial charge in [-0.1, -0.05) is 91.7 Å². The standard InChI is InChI=1S/2C14H28N2O2S.C12H24N2.C2H5ClO2S.2CH4.2ClH/c2*1-5-19(17,18)16(12-10-15)11-9-14(4)8-6-7-13(2)3;1-11(2)5-4-6-12(3)7-9-14-10-8-13;1-2-6(3,4)5;;;;/h2*7,9H,5-6,8,10-12,15H2,1-4H3;5,7,14H,4,6,8-10,13H2,1-3H3;2H2,1H3;2*1H4;2*1H/b2*14-9+;12-7+;;;;;. The molecule has 0 saturated heterocycles. The molecule has 376 valence electrons. The van der Waals surface area contributed by atoms with Crippen LogP contribution < -0.4 is 22.5 Å². The Morgan fingerprint density at radius 2 is 0.806 bits per heavy atom. The molecular formula is C44H95Cl3N6O6S3. The van der Waals surface area contributed by atoms with Crippen molar-refractivity contribution in [2.24, 2.45) is 17.2 Å². The zero-order valence-electron chi connectivity index (χ0n) is 39.2. The maximum atomic E-state index is 11.8. The summed E-state index contributed by atoms with van der Waals surface area (Å²) in [5, 5.41) is 3.25. The molecule has 0 heterocycles. The molecule has 0 rings (SSSR count). The number of nitrogens with zero attached hydrogens (tertiary/aromatic N) is 2. The number of hydrogen-bond donors (Lipinski definition) is 4. The van der Waals surface area contributed by atoms with Crippen molar-refractivity contribution in [3.63, 3.8) is 0 Å². The van der Waals surface area contributed by atoms with Crippen LogP contribution >= 0.6 is 35.5 Å². The van der Waals surface area contributed by atoms with Crippen molar-refractivity contribution in [3.05, 3.63) is 69.9 Å². The van der Waals surface area contributed by atoms with Crippen LogP contribution in [-0.2, 0) is 29.1 Å². The first-order valence-electron chi connectivity index (χ1n) is 20.4. The lowest BCUT2D eigenvalue weighted by Crippen LogP contribution is -2.36. The van der Waals surface area contributed by atoms with Crippen molar-refractivity contribution in [2.45, 2.75) is 136 Å². The Labute approximate surface area is 401 Å². The van der Waals surface area contributed by atoms with Crippen LogP contribution in [0.15, 0.2) is 69.9 Å². The average molecular weight is 1010 g/mol. The molecule has 0 radical (unpaired) electrons. The average Bonchev–Trinajstić information content (AvgIpc) is 3.13. The Balaban J connectivity index is -0.000000108. The van der Waals surface area contributed by atoms with Gasteiger partial charge >= 0.3 is 0 Å². The molecule has 0 aliphatic rings. The minimum Gasteiger partial charge on any atom is -0.329 e. The highest BCUT2D eigenvalue weighted by atomic mass is 35.7. The molecule has 0 aliphatic carbocycles. The lowest BCUT2D eigenvalue weighted by molar-refractivity contribution is 0.449. The third-order valence-corrected chi connectivity index (χ3v) is 13.1. The Bertz CT molecular complexity index is 1510. The van der Waals surface area contributed by atoms with Crippen molar-refractivity contribution in [1.82, 2.24) is 13.9 Å². The molecule has 0 unspecified atom stereocenters. The first-order valence-corrected chi connectivity index (χ1v) is 26.1. The predicted octanol–water partition coefficient (Wildman–Crippen LogP) is 9.50. The SMILES string of the molecule is C.C.CC(C)=CCC/C(C)=C/CNCCN.CCS(=O)(=O)Cl.CCS(=O)(=O)N(C/C=C(\C)CCC=C(C)C)CCN.CCS(=O)(=O)N(C/C=C(\C)CCC=C(C)C)CCN.Cl.Cl. The highest BCUT2D eigenvalue weighted by Gasteiger charge is 2.18. The molecule has 0 spiro atoms. The van der Waals surface area contributed by atoms with Gasteiger partial charge in [-0.2, -0.15) is 8.61 Å². The fourth-order valence-electron chi connectivity index (χ4n) is 4.38. The van der Waals surface area contributed by atoms with Crippen LogP contribution in [0, 0.1) is 0 Å². The second-order valence-corrected chi connectivity index (χ2v) is 22.1. The van der Waals surface area contributed by atoms with Gasteiger partial charge in [0.15, 0.2) is 0 Å². The van der Waals surface area contributed by atoms with Crippen molar-refractivity contribution >= 4 is 64.6 Å². The van der Waals surface area contributed by atoms with E-state index >= 15 is 0 Å². The molecule has 0 aromatic heterocycles. The van der Waals surface area contributed by atoms with Crippen LogP contribution in [0.25, 0.3) is 0 Å². The van der Waals surface area contributed by atoms with Gasteiger partial charge in [0, 0.05) is 69.6 Å². The van der Waals surface area contributed by atoms with E-state index in [1.54, 1.807) is 13.8 Å². The van der Waals surface area contributed by atoms with Gasteiger partial charge in [0.1, 0.15) is 0 Å². The molecule has 0 saturated carbocycles. The summed E-state index contributed by atoms with van der Waals surface area (Å²) in [6.45, 7) is 28.5. The fraction of sp³-hybridized carbons (Fsp3) is 0.727. The monoisotopic (exact) mass is 1000 g/mol. The molecule has 12 nitrogen and oxygen atoms in total. The molecule has 0 amide bonds. The second kappa shape index (κ2) is 47.9. The zero-order valence-corrected chi connectivity index (χ0v) is 44.0. The van der Waals surface area contributed by atoms with Gasteiger partial charge in [0.05, 0.1) is 17.3 Å². The quantitative estimate of drug-likeness (QED) is 0.0368. The van der Waals surface area contributed by atoms with Crippen molar-refractivity contribution in [2.75, 3.05) is 76.2 Å². The van der Waals surface area contributed by atoms with Crippen molar-refractivity contribution < 1.29 is 25.3 Å². The summed E-state index contributed by atoms with van der Waals surface area (Å²) < 4.78 is 69.8. The third kappa shape index (κ3) is 55.1. The number of allylic oxidation sites excluding steroid dienone is 9. The predicted molar refractivity (Wildman–Crippen MR) is 283 cm³/mol. The van der Waals surface area contributed by atoms with Crippen LogP contribution in [0.4, 0.5) is 0 Å². The topological polar surface area (TPSA) is 199 Å². The summed E-state index contributed by atoms with van der Waals surface area (Å²) in [5.74, 6) is 0.254. The normalized spacial score (nSPS) is 11.6. The molecule has 62 heavy (non-hydrogen) atoms. The van der Waals surface area contributed by atoms with Gasteiger partial charge in [-0.05, 0) is 115 Å². The van der Waals surface area contributed by atoms with Crippen LogP contribution in [-0.4, -0.2) is 110 Å². The van der Waals surface area contributed by atoms with E-state index in [2.05, 4.69) is 88.8 Å². The second-order valence-electron chi connectivity index (χ2n) is 14.5. The van der Waals surface area contributed by atoms with Gasteiger partial charge in [0.2, 0.25) is 29.1 Å². The Hall–Kier alpha value is -1.08. The Morgan fingerprint density at radius 1 is 0.516 bits per heavy atom. The zero-order chi connectivity index (χ0) is 45.8. The summed E-state index contributed by atoms with van der Waals surface area (Å²) in [5.41, 5.74) is 24.2. The van der Waals surface area contributed by atoms with Crippen LogP contribution in [0.3, 0.4) is 0 Å². The molecule has 7 N–H and O–H groups in total. The lowest BCUT2D eigenvalue weighted by Gasteiger charge is -2.19. The minimum atomic E-state index is -3.19. The van der Waals surface area contributed by atoms with Crippen molar-refractivity contribution in [1.29, 1.82) is 0 Å². The van der Waals surface area contributed by atoms with E-state index in [1.807, 2.05) is 26.0 Å². The third-order valence-electron chi connectivity index (χ3n) is 8.09. The lowest BCUT2D eigenvalue weighted by atomic mass is 10.1. The van der Waals surface area contributed by atoms with Crippen LogP contribution in [0.2, 0.25) is 0 Å². The van der Waals surface area contributed by atoms with E-state index in [4.69, 9.17) is 17.2 Å². The summed E-state index contributed by atoms with van der Waals surface area (Å²) in [4.78, 5) is 0. The summed E-state index contributed by atoms with van der Waals surface area (Å²) in [7, 11) is -4.81. The van der Waals surface area contributed by atoms with Gasteiger partial charge in [-0.15, -0.1) is 24.8 Å². The van der Waals surface area contributed by atoms with Gasteiger partial charge < -0.3 is 22.5 Å². The highest BCUT2D eigenvalue weighted by Crippen LogP contribution is 2.10. The molecule has 0 bridgehead atoms.